The van der Waals surface area contributed by atoms with Gasteiger partial charge in [-0.3, -0.25) is 0 Å². The van der Waals surface area contributed by atoms with Crippen LogP contribution in [-0.4, -0.2) is 22.1 Å². The predicted molar refractivity (Wildman–Crippen MR) is 73.1 cm³/mol. The molecule has 1 aromatic carbocycles. The van der Waals surface area contributed by atoms with Crippen molar-refractivity contribution in [1.29, 1.82) is 0 Å². The maximum absolute atomic E-state index is 13.1. The molecule has 5 nitrogen and oxygen atoms in total. The second kappa shape index (κ2) is 5.92. The van der Waals surface area contributed by atoms with E-state index in [-0.39, 0.29) is 23.1 Å². The topological polar surface area (TPSA) is 70.1 Å². The molecule has 20 heavy (non-hydrogen) atoms. The Balaban J connectivity index is 2.22. The molecule has 0 unspecified atom stereocenters. The first-order valence-electron chi connectivity index (χ1n) is 5.94. The van der Waals surface area contributed by atoms with Crippen LogP contribution in [0.15, 0.2) is 24.5 Å². The standard InChI is InChI=1S/C13H13ClFN3O2/c1-2-20-13(19)11-12(16)18(7-17-11)6-8-3-4-10(15)9(14)5-8/h3-5,7H,2,6,16H2,1H3. The summed E-state index contributed by atoms with van der Waals surface area (Å²) in [6, 6.07) is 4.36. The van der Waals surface area contributed by atoms with Crippen molar-refractivity contribution in [1.82, 2.24) is 9.55 Å². The highest BCUT2D eigenvalue weighted by Gasteiger charge is 2.17. The Morgan fingerprint density at radius 2 is 2.30 bits per heavy atom. The first kappa shape index (κ1) is 14.3. The third-order valence-corrected chi connectivity index (χ3v) is 2.97. The molecule has 0 spiro atoms. The third-order valence-electron chi connectivity index (χ3n) is 2.68. The fraction of sp³-hybridized carbons (Fsp3) is 0.231. The van der Waals surface area contributed by atoms with E-state index in [1.165, 1.54) is 18.5 Å². The molecule has 0 atom stereocenters. The summed E-state index contributed by atoms with van der Waals surface area (Å²) in [5.41, 5.74) is 6.66. The molecular formula is C13H13ClFN3O2. The summed E-state index contributed by atoms with van der Waals surface area (Å²) < 4.78 is 19.5. The number of benzene rings is 1. The van der Waals surface area contributed by atoms with Gasteiger partial charge in [-0.05, 0) is 24.6 Å². The minimum absolute atomic E-state index is 0.0341. The predicted octanol–water partition coefficient (Wildman–Crippen LogP) is 2.48. The van der Waals surface area contributed by atoms with Crippen molar-refractivity contribution in [2.45, 2.75) is 13.5 Å². The van der Waals surface area contributed by atoms with Gasteiger partial charge in [-0.15, -0.1) is 0 Å². The summed E-state index contributed by atoms with van der Waals surface area (Å²) >= 11 is 5.71. The molecule has 0 amide bonds. The van der Waals surface area contributed by atoms with E-state index in [1.807, 2.05) is 0 Å². The first-order valence-corrected chi connectivity index (χ1v) is 6.32. The summed E-state index contributed by atoms with van der Waals surface area (Å²) in [5.74, 6) is -0.856. The summed E-state index contributed by atoms with van der Waals surface area (Å²) in [5, 5.41) is 0.0341. The van der Waals surface area contributed by atoms with E-state index in [4.69, 9.17) is 22.1 Å². The van der Waals surface area contributed by atoms with Crippen molar-refractivity contribution < 1.29 is 13.9 Å². The maximum Gasteiger partial charge on any atom is 0.360 e. The lowest BCUT2D eigenvalue weighted by molar-refractivity contribution is 0.0521. The van der Waals surface area contributed by atoms with E-state index < -0.39 is 11.8 Å². The minimum atomic E-state index is -0.569. The number of halogens is 2. The molecular weight excluding hydrogens is 285 g/mol. The zero-order chi connectivity index (χ0) is 14.7. The number of anilines is 1. The normalized spacial score (nSPS) is 10.6. The number of esters is 1. The SMILES string of the molecule is CCOC(=O)c1ncn(Cc2ccc(F)c(Cl)c2)c1N. The van der Waals surface area contributed by atoms with E-state index in [0.29, 0.717) is 6.54 Å². The molecule has 2 N–H and O–H groups in total. The number of ether oxygens (including phenoxy) is 1. The number of rotatable bonds is 4. The largest absolute Gasteiger partial charge is 0.461 e. The number of hydrogen-bond donors (Lipinski definition) is 1. The van der Waals surface area contributed by atoms with E-state index >= 15 is 0 Å². The van der Waals surface area contributed by atoms with Crippen LogP contribution in [0, 0.1) is 5.82 Å². The molecule has 0 aliphatic rings. The highest BCUT2D eigenvalue weighted by Crippen LogP contribution is 2.19. The van der Waals surface area contributed by atoms with E-state index in [1.54, 1.807) is 17.6 Å². The maximum atomic E-state index is 13.1. The Bertz CT molecular complexity index is 643. The van der Waals surface area contributed by atoms with Gasteiger partial charge in [0.25, 0.3) is 0 Å². The lowest BCUT2D eigenvalue weighted by atomic mass is 10.2. The number of hydrogen-bond acceptors (Lipinski definition) is 4. The van der Waals surface area contributed by atoms with Gasteiger partial charge in [0.05, 0.1) is 24.5 Å². The van der Waals surface area contributed by atoms with Gasteiger partial charge in [0.15, 0.2) is 5.69 Å². The molecule has 1 heterocycles. The molecule has 106 valence electrons. The average molecular weight is 298 g/mol. The van der Waals surface area contributed by atoms with Crippen LogP contribution in [0.25, 0.3) is 0 Å². The molecule has 0 radical (unpaired) electrons. The van der Waals surface area contributed by atoms with Gasteiger partial charge in [-0.1, -0.05) is 17.7 Å². The van der Waals surface area contributed by atoms with Gasteiger partial charge in [0, 0.05) is 0 Å². The molecule has 0 saturated heterocycles. The second-order valence-electron chi connectivity index (χ2n) is 4.08. The van der Waals surface area contributed by atoms with Gasteiger partial charge >= 0.3 is 5.97 Å². The highest BCUT2D eigenvalue weighted by atomic mass is 35.5. The molecule has 2 rings (SSSR count). The monoisotopic (exact) mass is 297 g/mol. The smallest absolute Gasteiger partial charge is 0.360 e. The third kappa shape index (κ3) is 2.91. The number of nitrogen functional groups attached to an aromatic ring is 1. The second-order valence-corrected chi connectivity index (χ2v) is 4.48. The van der Waals surface area contributed by atoms with Gasteiger partial charge in [-0.25, -0.2) is 14.2 Å². The van der Waals surface area contributed by atoms with Crippen LogP contribution in [0.5, 0.6) is 0 Å². The van der Waals surface area contributed by atoms with Crippen LogP contribution in [0.1, 0.15) is 23.0 Å². The van der Waals surface area contributed by atoms with Crippen molar-refractivity contribution in [2.24, 2.45) is 0 Å². The van der Waals surface area contributed by atoms with Crippen molar-refractivity contribution in [3.05, 3.63) is 46.6 Å². The summed E-state index contributed by atoms with van der Waals surface area (Å²) in [6.07, 6.45) is 1.43. The van der Waals surface area contributed by atoms with Crippen molar-refractivity contribution in [3.63, 3.8) is 0 Å². The highest BCUT2D eigenvalue weighted by molar-refractivity contribution is 6.30. The number of nitrogens with two attached hydrogens (primary N) is 1. The Labute approximate surface area is 120 Å². The first-order chi connectivity index (χ1) is 9.52. The van der Waals surface area contributed by atoms with Crippen LogP contribution in [-0.2, 0) is 11.3 Å². The van der Waals surface area contributed by atoms with Gasteiger partial charge in [0.1, 0.15) is 11.6 Å². The van der Waals surface area contributed by atoms with Crippen molar-refractivity contribution in [2.75, 3.05) is 12.3 Å². The molecule has 0 aliphatic carbocycles. The minimum Gasteiger partial charge on any atom is -0.461 e. The number of carbonyl (C=O) groups is 1. The Hall–Kier alpha value is -2.08. The van der Waals surface area contributed by atoms with Crippen molar-refractivity contribution >= 4 is 23.4 Å². The molecule has 0 fully saturated rings. The van der Waals surface area contributed by atoms with Gasteiger partial charge < -0.3 is 15.0 Å². The summed E-state index contributed by atoms with van der Waals surface area (Å²) in [4.78, 5) is 15.5. The van der Waals surface area contributed by atoms with Gasteiger partial charge in [0.2, 0.25) is 0 Å². The fourth-order valence-corrected chi connectivity index (χ4v) is 1.91. The molecule has 0 saturated carbocycles. The number of carbonyl (C=O) groups excluding carboxylic acids is 1. The van der Waals surface area contributed by atoms with Crippen LogP contribution >= 0.6 is 11.6 Å². The van der Waals surface area contributed by atoms with E-state index in [9.17, 15) is 9.18 Å². The summed E-state index contributed by atoms with van der Waals surface area (Å²) in [7, 11) is 0. The van der Waals surface area contributed by atoms with Crippen molar-refractivity contribution in [3.8, 4) is 0 Å². The molecule has 1 aromatic heterocycles. The number of aromatic nitrogens is 2. The van der Waals surface area contributed by atoms with Crippen LogP contribution in [0.2, 0.25) is 5.02 Å². The molecule has 0 bridgehead atoms. The van der Waals surface area contributed by atoms with Crippen LogP contribution in [0.4, 0.5) is 10.2 Å². The van der Waals surface area contributed by atoms with Crippen LogP contribution in [0.3, 0.4) is 0 Å². The fourth-order valence-electron chi connectivity index (χ4n) is 1.71. The molecule has 2 aromatic rings. The van der Waals surface area contributed by atoms with E-state index in [0.717, 1.165) is 5.56 Å². The zero-order valence-electron chi connectivity index (χ0n) is 10.8. The molecule has 7 heteroatoms. The molecule has 0 aliphatic heterocycles. The quantitative estimate of drug-likeness (QED) is 0.880. The number of nitrogens with zero attached hydrogens (tertiary/aromatic N) is 2. The lowest BCUT2D eigenvalue weighted by Gasteiger charge is -2.06. The lowest BCUT2D eigenvalue weighted by Crippen LogP contribution is -2.10. The Kier molecular flexibility index (Phi) is 4.24. The zero-order valence-corrected chi connectivity index (χ0v) is 11.5. The number of imidazole rings is 1. The Morgan fingerprint density at radius 3 is 2.95 bits per heavy atom. The van der Waals surface area contributed by atoms with Gasteiger partial charge in [-0.2, -0.15) is 0 Å². The summed E-state index contributed by atoms with van der Waals surface area (Å²) in [6.45, 7) is 2.28. The van der Waals surface area contributed by atoms with Crippen LogP contribution < -0.4 is 5.73 Å². The average Bonchev–Trinajstić information content (AvgIpc) is 2.76. The van der Waals surface area contributed by atoms with E-state index in [2.05, 4.69) is 4.98 Å². The Morgan fingerprint density at radius 1 is 1.55 bits per heavy atom.